The lowest BCUT2D eigenvalue weighted by Gasteiger charge is -2.18. The molecule has 130 valence electrons. The summed E-state index contributed by atoms with van der Waals surface area (Å²) >= 11 is 0.741. The van der Waals surface area contributed by atoms with Crippen molar-refractivity contribution in [1.29, 1.82) is 0 Å². The molecule has 4 nitrogen and oxygen atoms in total. The average molecular weight is 365 g/mol. The molecule has 0 aliphatic rings. The lowest BCUT2D eigenvalue weighted by atomic mass is 10.0. The molecule has 2 aromatic carbocycles. The number of carbonyl (C=O) groups is 1. The molecular weight excluding hydrogens is 351 g/mol. The van der Waals surface area contributed by atoms with E-state index >= 15 is 0 Å². The smallest absolute Gasteiger partial charge is 0.323 e. The van der Waals surface area contributed by atoms with Gasteiger partial charge in [-0.25, -0.2) is 9.78 Å². The molecule has 25 heavy (non-hydrogen) atoms. The van der Waals surface area contributed by atoms with Gasteiger partial charge in [0.2, 0.25) is 0 Å². The van der Waals surface area contributed by atoms with E-state index in [1.165, 1.54) is 4.90 Å². The number of fused-ring (bicyclic) bond motifs is 1. The first-order valence-corrected chi connectivity index (χ1v) is 8.24. The summed E-state index contributed by atoms with van der Waals surface area (Å²) in [5, 5.41) is 5.28. The van der Waals surface area contributed by atoms with E-state index < -0.39 is 17.9 Å². The SMILES string of the molecule is CN(Cc1cccc2ccccc12)C(=O)Nc1nc(C(F)(F)F)cs1. The highest BCUT2D eigenvalue weighted by Gasteiger charge is 2.34. The van der Waals surface area contributed by atoms with Crippen LogP contribution in [-0.4, -0.2) is 23.0 Å². The van der Waals surface area contributed by atoms with Gasteiger partial charge in [-0.05, 0) is 16.3 Å². The van der Waals surface area contributed by atoms with Crippen LogP contribution in [-0.2, 0) is 12.7 Å². The highest BCUT2D eigenvalue weighted by atomic mass is 32.1. The van der Waals surface area contributed by atoms with Crippen molar-refractivity contribution in [3.05, 3.63) is 59.1 Å². The molecule has 8 heteroatoms. The van der Waals surface area contributed by atoms with Crippen LogP contribution in [0.1, 0.15) is 11.3 Å². The van der Waals surface area contributed by atoms with Gasteiger partial charge in [0.15, 0.2) is 10.8 Å². The van der Waals surface area contributed by atoms with Gasteiger partial charge in [-0.3, -0.25) is 5.32 Å². The van der Waals surface area contributed by atoms with Crippen molar-refractivity contribution in [3.63, 3.8) is 0 Å². The van der Waals surface area contributed by atoms with Gasteiger partial charge in [0.05, 0.1) is 0 Å². The Balaban J connectivity index is 1.71. The Morgan fingerprint density at radius 1 is 1.20 bits per heavy atom. The van der Waals surface area contributed by atoms with Crippen molar-refractivity contribution in [3.8, 4) is 0 Å². The standard InChI is InChI=1S/C17H14F3N3OS/c1-23(9-12-7-4-6-11-5-2-3-8-13(11)12)16(24)22-15-21-14(10-25-15)17(18,19)20/h2-8,10H,9H2,1H3,(H,21,22,24). The number of hydrogen-bond donors (Lipinski definition) is 1. The third-order valence-corrected chi connectivity index (χ3v) is 4.40. The van der Waals surface area contributed by atoms with Crippen LogP contribution in [0.3, 0.4) is 0 Å². The molecule has 0 saturated carbocycles. The molecule has 2 amide bonds. The predicted molar refractivity (Wildman–Crippen MR) is 91.5 cm³/mol. The molecule has 0 spiro atoms. The maximum absolute atomic E-state index is 12.6. The molecule has 3 rings (SSSR count). The zero-order valence-electron chi connectivity index (χ0n) is 13.2. The summed E-state index contributed by atoms with van der Waals surface area (Å²) in [6.07, 6.45) is -4.52. The number of anilines is 1. The highest BCUT2D eigenvalue weighted by Crippen LogP contribution is 2.31. The average Bonchev–Trinajstić information content (AvgIpc) is 3.04. The summed E-state index contributed by atoms with van der Waals surface area (Å²) in [4.78, 5) is 17.0. The van der Waals surface area contributed by atoms with Crippen molar-refractivity contribution in [2.75, 3.05) is 12.4 Å². The zero-order valence-corrected chi connectivity index (χ0v) is 14.0. The van der Waals surface area contributed by atoms with Crippen LogP contribution >= 0.6 is 11.3 Å². The van der Waals surface area contributed by atoms with E-state index in [4.69, 9.17) is 0 Å². The Labute approximate surface area is 145 Å². The summed E-state index contributed by atoms with van der Waals surface area (Å²) in [5.74, 6) is 0. The van der Waals surface area contributed by atoms with Crippen LogP contribution in [0.4, 0.5) is 23.1 Å². The summed E-state index contributed by atoms with van der Waals surface area (Å²) < 4.78 is 37.7. The molecule has 0 aliphatic carbocycles. The summed E-state index contributed by atoms with van der Waals surface area (Å²) in [5.41, 5.74) is -0.0598. The molecule has 0 aliphatic heterocycles. The van der Waals surface area contributed by atoms with Gasteiger partial charge < -0.3 is 4.90 Å². The minimum Gasteiger partial charge on any atom is -0.323 e. The number of benzene rings is 2. The number of amides is 2. The van der Waals surface area contributed by atoms with E-state index in [9.17, 15) is 18.0 Å². The summed E-state index contributed by atoms with van der Waals surface area (Å²) in [6, 6.07) is 13.1. The van der Waals surface area contributed by atoms with Crippen LogP contribution in [0.15, 0.2) is 47.8 Å². The Kier molecular flexibility index (Phi) is 4.63. The number of carbonyl (C=O) groups excluding carboxylic acids is 1. The molecule has 0 saturated heterocycles. The molecule has 1 heterocycles. The third-order valence-electron chi connectivity index (χ3n) is 3.64. The number of urea groups is 1. The first-order chi connectivity index (χ1) is 11.8. The number of alkyl halides is 3. The molecule has 1 N–H and O–H groups in total. The van der Waals surface area contributed by atoms with Gasteiger partial charge in [-0.2, -0.15) is 13.2 Å². The van der Waals surface area contributed by atoms with Crippen LogP contribution < -0.4 is 5.32 Å². The van der Waals surface area contributed by atoms with Crippen molar-refractivity contribution in [2.45, 2.75) is 12.7 Å². The fourth-order valence-electron chi connectivity index (χ4n) is 2.41. The van der Waals surface area contributed by atoms with Crippen molar-refractivity contribution in [2.24, 2.45) is 0 Å². The number of rotatable bonds is 3. The predicted octanol–water partition coefficient (Wildman–Crippen LogP) is 4.98. The van der Waals surface area contributed by atoms with E-state index in [0.29, 0.717) is 6.54 Å². The fraction of sp³-hybridized carbons (Fsp3) is 0.176. The number of halogens is 3. The number of thiazole rings is 1. The van der Waals surface area contributed by atoms with E-state index in [1.807, 2.05) is 42.5 Å². The molecule has 0 unspecified atom stereocenters. The first kappa shape index (κ1) is 17.2. The Hall–Kier alpha value is -2.61. The highest BCUT2D eigenvalue weighted by molar-refractivity contribution is 7.13. The monoisotopic (exact) mass is 365 g/mol. The molecule has 3 aromatic rings. The van der Waals surface area contributed by atoms with Crippen LogP contribution in [0.25, 0.3) is 10.8 Å². The third kappa shape index (κ3) is 3.90. The van der Waals surface area contributed by atoms with Crippen LogP contribution in [0.5, 0.6) is 0 Å². The lowest BCUT2D eigenvalue weighted by molar-refractivity contribution is -0.140. The number of aromatic nitrogens is 1. The largest absolute Gasteiger partial charge is 0.434 e. The minimum atomic E-state index is -4.52. The molecule has 0 bridgehead atoms. The maximum atomic E-state index is 12.6. The van der Waals surface area contributed by atoms with E-state index in [2.05, 4.69) is 10.3 Å². The molecule has 0 atom stereocenters. The fourth-order valence-corrected chi connectivity index (χ4v) is 3.11. The van der Waals surface area contributed by atoms with Crippen molar-refractivity contribution in [1.82, 2.24) is 9.88 Å². The molecule has 0 radical (unpaired) electrons. The van der Waals surface area contributed by atoms with Gasteiger partial charge in [0.1, 0.15) is 0 Å². The zero-order chi connectivity index (χ0) is 18.0. The van der Waals surface area contributed by atoms with Gasteiger partial charge in [-0.15, -0.1) is 11.3 Å². The Morgan fingerprint density at radius 3 is 2.64 bits per heavy atom. The van der Waals surface area contributed by atoms with Gasteiger partial charge in [0.25, 0.3) is 0 Å². The Morgan fingerprint density at radius 2 is 1.92 bits per heavy atom. The van der Waals surface area contributed by atoms with E-state index in [0.717, 1.165) is 33.1 Å². The quantitative estimate of drug-likeness (QED) is 0.712. The van der Waals surface area contributed by atoms with Crippen LogP contribution in [0, 0.1) is 0 Å². The number of hydrogen-bond acceptors (Lipinski definition) is 3. The summed E-state index contributed by atoms with van der Waals surface area (Å²) in [6.45, 7) is 0.324. The number of nitrogens with one attached hydrogen (secondary N) is 1. The van der Waals surface area contributed by atoms with E-state index in [-0.39, 0.29) is 5.13 Å². The maximum Gasteiger partial charge on any atom is 0.434 e. The second-order valence-corrected chi connectivity index (χ2v) is 6.32. The molecule has 0 fully saturated rings. The number of nitrogens with zero attached hydrogens (tertiary/aromatic N) is 2. The molecular formula is C17H14F3N3OS. The van der Waals surface area contributed by atoms with Gasteiger partial charge in [-0.1, -0.05) is 42.5 Å². The lowest BCUT2D eigenvalue weighted by Crippen LogP contribution is -2.30. The van der Waals surface area contributed by atoms with Crippen molar-refractivity contribution < 1.29 is 18.0 Å². The Bertz CT molecular complexity index is 902. The topological polar surface area (TPSA) is 45.2 Å². The van der Waals surface area contributed by atoms with Gasteiger partial charge >= 0.3 is 12.2 Å². The van der Waals surface area contributed by atoms with Crippen LogP contribution in [0.2, 0.25) is 0 Å². The summed E-state index contributed by atoms with van der Waals surface area (Å²) in [7, 11) is 1.58. The second-order valence-electron chi connectivity index (χ2n) is 5.46. The minimum absolute atomic E-state index is 0.0814. The molecule has 1 aromatic heterocycles. The first-order valence-electron chi connectivity index (χ1n) is 7.36. The van der Waals surface area contributed by atoms with E-state index in [1.54, 1.807) is 7.05 Å². The van der Waals surface area contributed by atoms with Gasteiger partial charge in [0, 0.05) is 19.0 Å². The van der Waals surface area contributed by atoms with Crippen molar-refractivity contribution >= 4 is 33.3 Å². The normalized spacial score (nSPS) is 11.5. The second kappa shape index (κ2) is 6.72.